The first-order valence-corrected chi connectivity index (χ1v) is 8.77. The topological polar surface area (TPSA) is 92.4 Å². The van der Waals surface area contributed by atoms with E-state index in [1.807, 2.05) is 19.9 Å². The number of likely N-dealkylation sites (tertiary alicyclic amines) is 1. The summed E-state index contributed by atoms with van der Waals surface area (Å²) in [6.07, 6.45) is 0.676. The Morgan fingerprint density at radius 2 is 2.00 bits per heavy atom. The molecule has 0 saturated carbocycles. The maximum Gasteiger partial charge on any atom is 0.310 e. The standard InChI is InChI=1S/C19H23N3O4/c1-11(2)17-14(19(25)26-3)8-9-22(17)16(23)10-15-12-6-4-5-7-13(12)18(24)21-20-15/h4-7,11,14,17H,8-10H2,1-3H3,(H,21,24). The smallest absolute Gasteiger partial charge is 0.310 e. The van der Waals surface area contributed by atoms with Gasteiger partial charge in [0.05, 0.1) is 30.5 Å². The van der Waals surface area contributed by atoms with Crippen LogP contribution in [-0.4, -0.2) is 46.7 Å². The first-order valence-electron chi connectivity index (χ1n) is 8.77. The Bertz CT molecular complexity index is 890. The average molecular weight is 357 g/mol. The summed E-state index contributed by atoms with van der Waals surface area (Å²) in [6.45, 7) is 4.52. The molecule has 1 N–H and O–H groups in total. The molecule has 7 heteroatoms. The van der Waals surface area contributed by atoms with Gasteiger partial charge in [-0.25, -0.2) is 5.10 Å². The Balaban J connectivity index is 1.88. The molecule has 1 saturated heterocycles. The number of rotatable bonds is 4. The van der Waals surface area contributed by atoms with Gasteiger partial charge in [-0.15, -0.1) is 0 Å². The summed E-state index contributed by atoms with van der Waals surface area (Å²) in [6, 6.07) is 6.91. The highest BCUT2D eigenvalue weighted by atomic mass is 16.5. The summed E-state index contributed by atoms with van der Waals surface area (Å²) in [5, 5.41) is 7.73. The average Bonchev–Trinajstić information content (AvgIpc) is 3.09. The van der Waals surface area contributed by atoms with E-state index in [4.69, 9.17) is 4.74 Å². The molecule has 2 heterocycles. The summed E-state index contributed by atoms with van der Waals surface area (Å²) in [5.41, 5.74) is 0.262. The van der Waals surface area contributed by atoms with Gasteiger partial charge in [0, 0.05) is 18.0 Å². The van der Waals surface area contributed by atoms with Crippen LogP contribution in [0.4, 0.5) is 0 Å². The van der Waals surface area contributed by atoms with E-state index in [1.165, 1.54) is 7.11 Å². The molecular formula is C19H23N3O4. The van der Waals surface area contributed by atoms with E-state index in [1.54, 1.807) is 23.1 Å². The molecule has 0 aliphatic carbocycles. The SMILES string of the molecule is COC(=O)C1CCN(C(=O)Cc2n[nH]c(=O)c3ccccc23)C1C(C)C. The van der Waals surface area contributed by atoms with Crippen molar-refractivity contribution < 1.29 is 14.3 Å². The lowest BCUT2D eigenvalue weighted by Crippen LogP contribution is -2.44. The maximum atomic E-state index is 13.0. The molecule has 0 radical (unpaired) electrons. The zero-order chi connectivity index (χ0) is 18.8. The summed E-state index contributed by atoms with van der Waals surface area (Å²) in [4.78, 5) is 38.7. The van der Waals surface area contributed by atoms with Crippen molar-refractivity contribution >= 4 is 22.6 Å². The van der Waals surface area contributed by atoms with E-state index in [0.29, 0.717) is 29.4 Å². The lowest BCUT2D eigenvalue weighted by atomic mass is 9.91. The molecule has 1 amide bonds. The van der Waals surface area contributed by atoms with Gasteiger partial charge < -0.3 is 9.64 Å². The van der Waals surface area contributed by atoms with Gasteiger partial charge in [0.2, 0.25) is 5.91 Å². The summed E-state index contributed by atoms with van der Waals surface area (Å²) >= 11 is 0. The van der Waals surface area contributed by atoms with E-state index in [9.17, 15) is 14.4 Å². The molecule has 0 spiro atoms. The number of H-pyrrole nitrogens is 1. The fourth-order valence-corrected chi connectivity index (χ4v) is 3.89. The van der Waals surface area contributed by atoms with E-state index in [-0.39, 0.29) is 41.7 Å². The Hall–Kier alpha value is -2.70. The second-order valence-corrected chi connectivity index (χ2v) is 6.96. The summed E-state index contributed by atoms with van der Waals surface area (Å²) < 4.78 is 4.90. The van der Waals surface area contributed by atoms with Gasteiger partial charge in [0.15, 0.2) is 0 Å². The molecule has 26 heavy (non-hydrogen) atoms. The lowest BCUT2D eigenvalue weighted by Gasteiger charge is -2.30. The third-order valence-corrected chi connectivity index (χ3v) is 5.05. The zero-order valence-corrected chi connectivity index (χ0v) is 15.2. The monoisotopic (exact) mass is 357 g/mol. The van der Waals surface area contributed by atoms with Crippen molar-refractivity contribution in [1.29, 1.82) is 0 Å². The van der Waals surface area contributed by atoms with Crippen molar-refractivity contribution in [3.63, 3.8) is 0 Å². The number of esters is 1. The van der Waals surface area contributed by atoms with Gasteiger partial charge in [0.25, 0.3) is 5.56 Å². The van der Waals surface area contributed by atoms with Crippen LogP contribution >= 0.6 is 0 Å². The number of nitrogens with zero attached hydrogens (tertiary/aromatic N) is 2. The Labute approximate surface area is 151 Å². The molecule has 1 aromatic heterocycles. The van der Waals surface area contributed by atoms with Crippen molar-refractivity contribution in [2.75, 3.05) is 13.7 Å². The number of hydrogen-bond acceptors (Lipinski definition) is 5. The molecule has 1 fully saturated rings. The Morgan fingerprint density at radius 3 is 2.65 bits per heavy atom. The van der Waals surface area contributed by atoms with Crippen LogP contribution in [0.2, 0.25) is 0 Å². The number of aromatic amines is 1. The number of hydrogen-bond donors (Lipinski definition) is 1. The van der Waals surface area contributed by atoms with Crippen molar-refractivity contribution in [1.82, 2.24) is 15.1 Å². The molecule has 7 nitrogen and oxygen atoms in total. The van der Waals surface area contributed by atoms with Gasteiger partial charge in [-0.3, -0.25) is 14.4 Å². The van der Waals surface area contributed by atoms with Gasteiger partial charge >= 0.3 is 5.97 Å². The molecule has 1 aliphatic rings. The number of benzene rings is 1. The van der Waals surface area contributed by atoms with Crippen molar-refractivity contribution in [2.24, 2.45) is 11.8 Å². The van der Waals surface area contributed by atoms with Crippen molar-refractivity contribution in [2.45, 2.75) is 32.7 Å². The van der Waals surface area contributed by atoms with Gasteiger partial charge in [-0.05, 0) is 18.4 Å². The van der Waals surface area contributed by atoms with Crippen LogP contribution in [0.1, 0.15) is 26.0 Å². The number of carbonyl (C=O) groups is 2. The van der Waals surface area contributed by atoms with Crippen LogP contribution in [0, 0.1) is 11.8 Å². The maximum absolute atomic E-state index is 13.0. The highest BCUT2D eigenvalue weighted by Gasteiger charge is 2.43. The van der Waals surface area contributed by atoms with E-state index in [0.717, 1.165) is 0 Å². The van der Waals surface area contributed by atoms with Crippen molar-refractivity contribution in [3.05, 3.63) is 40.3 Å². The third kappa shape index (κ3) is 3.21. The number of carbonyl (C=O) groups excluding carboxylic acids is 2. The van der Waals surface area contributed by atoms with Crippen LogP contribution < -0.4 is 5.56 Å². The predicted molar refractivity (Wildman–Crippen MR) is 96.5 cm³/mol. The van der Waals surface area contributed by atoms with Gasteiger partial charge in [-0.1, -0.05) is 32.0 Å². The third-order valence-electron chi connectivity index (χ3n) is 5.05. The minimum Gasteiger partial charge on any atom is -0.469 e. The van der Waals surface area contributed by atoms with Crippen molar-refractivity contribution in [3.8, 4) is 0 Å². The van der Waals surface area contributed by atoms with Gasteiger partial charge in [0.1, 0.15) is 0 Å². The second-order valence-electron chi connectivity index (χ2n) is 6.96. The van der Waals surface area contributed by atoms with Crippen LogP contribution in [0.3, 0.4) is 0 Å². The summed E-state index contributed by atoms with van der Waals surface area (Å²) in [7, 11) is 1.38. The fourth-order valence-electron chi connectivity index (χ4n) is 3.89. The quantitative estimate of drug-likeness (QED) is 0.838. The summed E-state index contributed by atoms with van der Waals surface area (Å²) in [5.74, 6) is -0.540. The molecule has 0 bridgehead atoms. The minimum absolute atomic E-state index is 0.0778. The molecule has 138 valence electrons. The minimum atomic E-state index is -0.302. The molecule has 2 unspecified atom stereocenters. The first kappa shape index (κ1) is 18.1. The molecule has 1 aromatic carbocycles. The zero-order valence-electron chi connectivity index (χ0n) is 15.2. The highest BCUT2D eigenvalue weighted by Crippen LogP contribution is 2.31. The Morgan fingerprint density at radius 1 is 1.31 bits per heavy atom. The van der Waals surface area contributed by atoms with Gasteiger partial charge in [-0.2, -0.15) is 5.10 Å². The molecule has 2 aromatic rings. The van der Waals surface area contributed by atoms with E-state index < -0.39 is 0 Å². The van der Waals surface area contributed by atoms with Crippen LogP contribution in [0.25, 0.3) is 10.8 Å². The van der Waals surface area contributed by atoms with Crippen LogP contribution in [0.5, 0.6) is 0 Å². The first-order chi connectivity index (χ1) is 12.4. The number of methoxy groups -OCH3 is 1. The predicted octanol–water partition coefficient (Wildman–Crippen LogP) is 1.51. The number of aromatic nitrogens is 2. The molecule has 2 atom stereocenters. The van der Waals surface area contributed by atoms with E-state index >= 15 is 0 Å². The number of ether oxygens (including phenoxy) is 1. The Kier molecular flexibility index (Phi) is 5.06. The van der Waals surface area contributed by atoms with Crippen LogP contribution in [0.15, 0.2) is 29.1 Å². The molecular weight excluding hydrogens is 334 g/mol. The normalized spacial score (nSPS) is 19.9. The molecule has 3 rings (SSSR count). The number of amides is 1. The van der Waals surface area contributed by atoms with E-state index in [2.05, 4.69) is 10.2 Å². The largest absolute Gasteiger partial charge is 0.469 e. The fraction of sp³-hybridized carbons (Fsp3) is 0.474. The lowest BCUT2D eigenvalue weighted by molar-refractivity contribution is -0.147. The van der Waals surface area contributed by atoms with Crippen LogP contribution in [-0.2, 0) is 20.7 Å². The highest BCUT2D eigenvalue weighted by molar-refractivity contribution is 5.89. The number of fused-ring (bicyclic) bond motifs is 1. The second kappa shape index (κ2) is 7.27. The number of nitrogens with one attached hydrogen (secondary N) is 1. The molecule has 1 aliphatic heterocycles.